The van der Waals surface area contributed by atoms with Crippen molar-refractivity contribution in [3.63, 3.8) is 0 Å². The zero-order chi connectivity index (χ0) is 6.81. The molecule has 0 fully saturated rings. The molecule has 2 aliphatic heterocycles. The van der Waals surface area contributed by atoms with Crippen LogP contribution < -0.4 is 10.6 Å². The second kappa shape index (κ2) is 2.13. The van der Waals surface area contributed by atoms with E-state index in [-0.39, 0.29) is 0 Å². The summed E-state index contributed by atoms with van der Waals surface area (Å²) in [6.07, 6.45) is 7.90. The average Bonchev–Trinajstić information content (AvgIpc) is 2.59. The summed E-state index contributed by atoms with van der Waals surface area (Å²) in [5, 5.41) is 10.4. The Morgan fingerprint density at radius 1 is 0.900 bits per heavy atom. The van der Waals surface area contributed by atoms with Crippen LogP contribution in [0, 0.1) is 0 Å². The van der Waals surface area contributed by atoms with Gasteiger partial charge < -0.3 is 10.6 Å². The topological polar surface area (TPSA) is 30.5 Å². The van der Waals surface area contributed by atoms with Crippen LogP contribution in [0.1, 0.15) is 0 Å². The highest BCUT2D eigenvalue weighted by Gasteiger charge is 2.11. The van der Waals surface area contributed by atoms with Gasteiger partial charge in [0.05, 0.1) is 0 Å². The molecule has 0 atom stereocenters. The van der Waals surface area contributed by atoms with Crippen molar-refractivity contribution < 1.29 is 0 Å². The lowest BCUT2D eigenvalue weighted by Crippen LogP contribution is -2.36. The first-order chi connectivity index (χ1) is 4.97. The molecule has 0 saturated heterocycles. The van der Waals surface area contributed by atoms with Gasteiger partial charge in [-0.1, -0.05) is 0 Å². The fourth-order valence-corrected chi connectivity index (χ4v) is 1.03. The number of rotatable bonds is 1. The molecule has 0 bridgehead atoms. The quantitative estimate of drug-likeness (QED) is 0.514. The third kappa shape index (κ3) is 0.775. The standard InChI is InChI=1S/C6H10N4/c1-3-9(5-7-1)10-4-2-8-6-10/h1-4,7-8H,5-6H2. The Bertz CT molecular complexity index is 155. The lowest BCUT2D eigenvalue weighted by atomic mass is 10.8. The monoisotopic (exact) mass is 138 g/mol. The van der Waals surface area contributed by atoms with E-state index in [9.17, 15) is 0 Å². The fourth-order valence-electron chi connectivity index (χ4n) is 1.03. The highest BCUT2D eigenvalue weighted by Crippen LogP contribution is 2.04. The van der Waals surface area contributed by atoms with E-state index in [1.807, 2.05) is 24.8 Å². The van der Waals surface area contributed by atoms with Crippen LogP contribution in [-0.2, 0) is 0 Å². The molecule has 0 spiro atoms. The van der Waals surface area contributed by atoms with Gasteiger partial charge in [-0.2, -0.15) is 0 Å². The third-order valence-electron chi connectivity index (χ3n) is 1.57. The van der Waals surface area contributed by atoms with Crippen molar-refractivity contribution in [2.24, 2.45) is 0 Å². The van der Waals surface area contributed by atoms with Crippen molar-refractivity contribution in [3.8, 4) is 0 Å². The van der Waals surface area contributed by atoms with Crippen LogP contribution in [0.15, 0.2) is 24.8 Å². The minimum absolute atomic E-state index is 0.867. The van der Waals surface area contributed by atoms with Crippen molar-refractivity contribution in [3.05, 3.63) is 24.8 Å². The predicted molar refractivity (Wildman–Crippen MR) is 38.0 cm³/mol. The molecule has 2 N–H and O–H groups in total. The number of nitrogens with one attached hydrogen (secondary N) is 2. The molecule has 2 aliphatic rings. The van der Waals surface area contributed by atoms with Crippen molar-refractivity contribution >= 4 is 0 Å². The van der Waals surface area contributed by atoms with Crippen molar-refractivity contribution in [1.29, 1.82) is 0 Å². The third-order valence-corrected chi connectivity index (χ3v) is 1.57. The minimum Gasteiger partial charge on any atom is -0.371 e. The largest absolute Gasteiger partial charge is 0.371 e. The zero-order valence-electron chi connectivity index (χ0n) is 5.62. The first kappa shape index (κ1) is 5.46. The Morgan fingerprint density at radius 3 is 1.70 bits per heavy atom. The van der Waals surface area contributed by atoms with Gasteiger partial charge in [-0.25, -0.2) is 0 Å². The van der Waals surface area contributed by atoms with E-state index < -0.39 is 0 Å². The average molecular weight is 138 g/mol. The van der Waals surface area contributed by atoms with E-state index >= 15 is 0 Å². The second-order valence-electron chi connectivity index (χ2n) is 2.23. The molecule has 0 unspecified atom stereocenters. The van der Waals surface area contributed by atoms with Gasteiger partial charge in [-0.15, -0.1) is 0 Å². The predicted octanol–water partition coefficient (Wildman–Crippen LogP) is -0.431. The van der Waals surface area contributed by atoms with Gasteiger partial charge in [0.2, 0.25) is 0 Å². The fraction of sp³-hybridized carbons (Fsp3) is 0.333. The summed E-state index contributed by atoms with van der Waals surface area (Å²) < 4.78 is 0. The van der Waals surface area contributed by atoms with Gasteiger partial charge in [0.15, 0.2) is 0 Å². The summed E-state index contributed by atoms with van der Waals surface area (Å²) in [4.78, 5) is 0. The van der Waals surface area contributed by atoms with Crippen LogP contribution in [0.25, 0.3) is 0 Å². The highest BCUT2D eigenvalue weighted by molar-refractivity contribution is 4.92. The van der Waals surface area contributed by atoms with E-state index in [4.69, 9.17) is 0 Å². The summed E-state index contributed by atoms with van der Waals surface area (Å²) in [6, 6.07) is 0. The summed E-state index contributed by atoms with van der Waals surface area (Å²) in [5.41, 5.74) is 0. The normalized spacial score (nSPS) is 21.6. The van der Waals surface area contributed by atoms with E-state index in [0.717, 1.165) is 13.3 Å². The highest BCUT2D eigenvalue weighted by atomic mass is 15.7. The van der Waals surface area contributed by atoms with Crippen LogP contribution in [0.3, 0.4) is 0 Å². The van der Waals surface area contributed by atoms with Crippen LogP contribution in [-0.4, -0.2) is 23.4 Å². The van der Waals surface area contributed by atoms with Crippen LogP contribution in [0.4, 0.5) is 0 Å². The van der Waals surface area contributed by atoms with Crippen molar-refractivity contribution in [2.45, 2.75) is 0 Å². The Morgan fingerprint density at radius 2 is 1.40 bits per heavy atom. The van der Waals surface area contributed by atoms with Gasteiger partial charge in [0.1, 0.15) is 13.3 Å². The van der Waals surface area contributed by atoms with Crippen LogP contribution in [0.5, 0.6) is 0 Å². The zero-order valence-corrected chi connectivity index (χ0v) is 5.62. The number of hydrogen-bond acceptors (Lipinski definition) is 4. The molecule has 0 saturated carbocycles. The van der Waals surface area contributed by atoms with Crippen molar-refractivity contribution in [1.82, 2.24) is 20.7 Å². The van der Waals surface area contributed by atoms with Crippen LogP contribution >= 0.6 is 0 Å². The Balaban J connectivity index is 1.98. The number of hydrogen-bond donors (Lipinski definition) is 2. The number of hydrazine groups is 1. The van der Waals surface area contributed by atoms with E-state index in [2.05, 4.69) is 20.7 Å². The molecule has 0 amide bonds. The Labute approximate surface area is 59.8 Å². The summed E-state index contributed by atoms with van der Waals surface area (Å²) >= 11 is 0. The molecule has 0 radical (unpaired) electrons. The summed E-state index contributed by atoms with van der Waals surface area (Å²) in [5.74, 6) is 0. The minimum atomic E-state index is 0.867. The van der Waals surface area contributed by atoms with Gasteiger partial charge in [-0.05, 0) is 0 Å². The summed E-state index contributed by atoms with van der Waals surface area (Å²) in [6.45, 7) is 1.73. The molecule has 2 rings (SSSR count). The molecule has 0 aromatic rings. The van der Waals surface area contributed by atoms with E-state index in [1.165, 1.54) is 0 Å². The maximum atomic E-state index is 3.09. The van der Waals surface area contributed by atoms with Gasteiger partial charge in [0, 0.05) is 24.8 Å². The van der Waals surface area contributed by atoms with Crippen molar-refractivity contribution in [2.75, 3.05) is 13.3 Å². The van der Waals surface area contributed by atoms with Gasteiger partial charge in [-0.3, -0.25) is 10.0 Å². The Kier molecular flexibility index (Phi) is 1.16. The van der Waals surface area contributed by atoms with Gasteiger partial charge in [0.25, 0.3) is 0 Å². The molecular weight excluding hydrogens is 128 g/mol. The molecule has 4 heteroatoms. The molecule has 0 aliphatic carbocycles. The lowest BCUT2D eigenvalue weighted by molar-refractivity contribution is 0.0900. The van der Waals surface area contributed by atoms with Gasteiger partial charge >= 0.3 is 0 Å². The smallest absolute Gasteiger partial charge is 0.107 e. The molecule has 10 heavy (non-hydrogen) atoms. The molecule has 0 aromatic carbocycles. The maximum Gasteiger partial charge on any atom is 0.107 e. The molecule has 4 nitrogen and oxygen atoms in total. The first-order valence-electron chi connectivity index (χ1n) is 3.30. The SMILES string of the molecule is C1=CN(N2C=CNC2)CN1. The molecule has 0 aromatic heterocycles. The summed E-state index contributed by atoms with van der Waals surface area (Å²) in [7, 11) is 0. The van der Waals surface area contributed by atoms with E-state index in [0.29, 0.717) is 0 Å². The first-order valence-corrected chi connectivity index (χ1v) is 3.30. The molecule has 54 valence electrons. The number of nitrogens with zero attached hydrogens (tertiary/aromatic N) is 2. The Hall–Kier alpha value is -1.32. The molecule has 2 heterocycles. The molecular formula is C6H10N4. The van der Waals surface area contributed by atoms with E-state index in [1.54, 1.807) is 0 Å². The second-order valence-corrected chi connectivity index (χ2v) is 2.23. The van der Waals surface area contributed by atoms with Crippen LogP contribution in [0.2, 0.25) is 0 Å². The maximum absolute atomic E-state index is 3.09. The lowest BCUT2D eigenvalue weighted by Gasteiger charge is -2.25.